The van der Waals surface area contributed by atoms with Crippen molar-refractivity contribution in [2.75, 3.05) is 36.1 Å². The second-order valence-electron chi connectivity index (χ2n) is 6.33. The third kappa shape index (κ3) is 10.7. The summed E-state index contributed by atoms with van der Waals surface area (Å²) in [5.41, 5.74) is -0.195. The van der Waals surface area contributed by atoms with E-state index in [0.717, 1.165) is 6.29 Å². The predicted molar refractivity (Wildman–Crippen MR) is 144 cm³/mol. The summed E-state index contributed by atoms with van der Waals surface area (Å²) in [6.07, 6.45) is 0.550. The molecule has 0 aliphatic heterocycles. The Labute approximate surface area is 220 Å². The lowest BCUT2D eigenvalue weighted by Crippen LogP contribution is -2.33. The second kappa shape index (κ2) is 16.9. The standard InChI is InChI=1S/C17H26N4O6S6/c22-6-9(7-28)20-33-32-4-2-19-16(26)11-5-10(13(23)14(11)24)15(25)18-1-3-31-21-12(8-29)17(27)30/h6,9,12,20-21,23-24,28-29H,1-5,7-8H2,(H,18,25)(H,19,26)(H,27,30)/t9-,12+/m1/s1. The highest BCUT2D eigenvalue weighted by Crippen LogP contribution is 2.29. The van der Waals surface area contributed by atoms with E-state index in [-0.39, 0.29) is 47.6 Å². The summed E-state index contributed by atoms with van der Waals surface area (Å²) in [7, 11) is 2.64. The molecule has 2 atom stereocenters. The van der Waals surface area contributed by atoms with E-state index < -0.39 is 29.4 Å². The van der Waals surface area contributed by atoms with Gasteiger partial charge in [-0.1, -0.05) is 22.7 Å². The topological polar surface area (TPSA) is 157 Å². The van der Waals surface area contributed by atoms with E-state index in [9.17, 15) is 29.4 Å². The fraction of sp³-hybridized carbons (Fsp3) is 0.529. The molecule has 0 saturated carbocycles. The molecular weight excluding hydrogens is 549 g/mol. The van der Waals surface area contributed by atoms with Gasteiger partial charge in [-0.2, -0.15) is 25.3 Å². The minimum Gasteiger partial charge on any atom is -0.504 e. The van der Waals surface area contributed by atoms with Crippen LogP contribution >= 0.6 is 71.6 Å². The number of carbonyl (C=O) groups excluding carboxylic acids is 4. The largest absolute Gasteiger partial charge is 0.504 e. The molecule has 16 heteroatoms. The molecule has 0 aromatic carbocycles. The Hall–Kier alpha value is -0.620. The Morgan fingerprint density at radius 3 is 2.03 bits per heavy atom. The van der Waals surface area contributed by atoms with Crippen LogP contribution in [0.15, 0.2) is 22.7 Å². The zero-order chi connectivity index (χ0) is 24.8. The first kappa shape index (κ1) is 30.4. The predicted octanol–water partition coefficient (Wildman–Crippen LogP) is 0.623. The van der Waals surface area contributed by atoms with E-state index in [1.165, 1.54) is 33.7 Å². The first-order chi connectivity index (χ1) is 15.8. The van der Waals surface area contributed by atoms with E-state index in [4.69, 9.17) is 0 Å². The Bertz CT molecular complexity index is 781. The Balaban J connectivity index is 2.35. The van der Waals surface area contributed by atoms with Crippen LogP contribution in [0.5, 0.6) is 0 Å². The van der Waals surface area contributed by atoms with Crippen molar-refractivity contribution in [3.8, 4) is 0 Å². The van der Waals surface area contributed by atoms with E-state index in [1.54, 1.807) is 0 Å². The Kier molecular flexibility index (Phi) is 15.6. The lowest BCUT2D eigenvalue weighted by atomic mass is 10.1. The molecule has 1 aliphatic carbocycles. The van der Waals surface area contributed by atoms with Crippen LogP contribution in [-0.4, -0.2) is 81.6 Å². The Morgan fingerprint density at radius 1 is 0.970 bits per heavy atom. The molecule has 0 fully saturated rings. The number of aliphatic hydroxyl groups is 2. The molecule has 2 amide bonds. The summed E-state index contributed by atoms with van der Waals surface area (Å²) in [6.45, 7) is 0.493. The summed E-state index contributed by atoms with van der Waals surface area (Å²) < 4.78 is 5.76. The van der Waals surface area contributed by atoms with Crippen LogP contribution in [0.3, 0.4) is 0 Å². The van der Waals surface area contributed by atoms with Crippen LogP contribution in [0.1, 0.15) is 6.42 Å². The molecule has 0 bridgehead atoms. The highest BCUT2D eigenvalue weighted by atomic mass is 33.1. The van der Waals surface area contributed by atoms with E-state index in [1.807, 2.05) is 0 Å². The zero-order valence-electron chi connectivity index (χ0n) is 17.3. The molecule has 0 heterocycles. The molecular formula is C17H26N4O6S6. The molecule has 0 unspecified atom stereocenters. The summed E-state index contributed by atoms with van der Waals surface area (Å²) >= 11 is 13.0. The van der Waals surface area contributed by atoms with Crippen molar-refractivity contribution in [2.24, 2.45) is 0 Å². The molecule has 33 heavy (non-hydrogen) atoms. The lowest BCUT2D eigenvalue weighted by molar-refractivity contribution is -0.117. The molecule has 6 N–H and O–H groups in total. The lowest BCUT2D eigenvalue weighted by Gasteiger charge is -2.12. The van der Waals surface area contributed by atoms with Gasteiger partial charge in [-0.25, -0.2) is 4.72 Å². The number of carbonyl (C=O) groups is 4. The number of nitrogens with one attached hydrogen (secondary N) is 4. The maximum atomic E-state index is 12.3. The highest BCUT2D eigenvalue weighted by molar-refractivity contribution is 8.76. The van der Waals surface area contributed by atoms with Crippen LogP contribution < -0.4 is 20.1 Å². The second-order valence-corrected chi connectivity index (χ2v) is 10.7. The van der Waals surface area contributed by atoms with E-state index in [0.29, 0.717) is 17.3 Å². The third-order valence-electron chi connectivity index (χ3n) is 3.98. The van der Waals surface area contributed by atoms with Gasteiger partial charge in [0.1, 0.15) is 6.29 Å². The Morgan fingerprint density at radius 2 is 1.55 bits per heavy atom. The fourth-order valence-electron chi connectivity index (χ4n) is 2.21. The number of aldehydes is 1. The molecule has 0 aromatic rings. The van der Waals surface area contributed by atoms with Crippen molar-refractivity contribution in [1.29, 1.82) is 0 Å². The van der Waals surface area contributed by atoms with Crippen molar-refractivity contribution in [2.45, 2.75) is 18.5 Å². The zero-order valence-corrected chi connectivity index (χ0v) is 22.4. The smallest absolute Gasteiger partial charge is 0.251 e. The van der Waals surface area contributed by atoms with Crippen LogP contribution in [-0.2, 0) is 19.2 Å². The maximum Gasteiger partial charge on any atom is 0.251 e. The maximum absolute atomic E-state index is 12.3. The molecule has 0 spiro atoms. The number of rotatable bonds is 17. The minimum atomic E-state index is -0.625. The summed E-state index contributed by atoms with van der Waals surface area (Å²) in [5, 5.41) is 25.0. The normalized spacial score (nSPS) is 15.4. The minimum absolute atomic E-state index is 0.0931. The first-order valence-corrected chi connectivity index (χ1v) is 14.5. The van der Waals surface area contributed by atoms with Gasteiger partial charge in [0.2, 0.25) is 5.12 Å². The molecule has 10 nitrogen and oxygen atoms in total. The van der Waals surface area contributed by atoms with Gasteiger partial charge in [0.05, 0.1) is 23.2 Å². The molecule has 1 rings (SSSR count). The molecule has 1 aliphatic rings. The third-order valence-corrected chi connectivity index (χ3v) is 7.94. The van der Waals surface area contributed by atoms with Gasteiger partial charge < -0.3 is 25.6 Å². The number of hydrogen-bond acceptors (Lipinski definition) is 13. The molecule has 0 saturated heterocycles. The van der Waals surface area contributed by atoms with Gasteiger partial charge in [-0.3, -0.25) is 19.1 Å². The highest BCUT2D eigenvalue weighted by Gasteiger charge is 2.32. The van der Waals surface area contributed by atoms with Crippen molar-refractivity contribution in [1.82, 2.24) is 20.1 Å². The molecule has 0 radical (unpaired) electrons. The summed E-state index contributed by atoms with van der Waals surface area (Å²) in [6, 6.07) is -0.882. The van der Waals surface area contributed by atoms with Gasteiger partial charge in [-0.05, 0) is 11.0 Å². The van der Waals surface area contributed by atoms with Gasteiger partial charge in [0.25, 0.3) is 11.8 Å². The van der Waals surface area contributed by atoms with Gasteiger partial charge >= 0.3 is 0 Å². The van der Waals surface area contributed by atoms with Gasteiger partial charge in [-0.15, -0.1) is 12.6 Å². The number of hydrogen-bond donors (Lipinski definition) is 9. The van der Waals surface area contributed by atoms with Gasteiger partial charge in [0.15, 0.2) is 11.5 Å². The van der Waals surface area contributed by atoms with Gasteiger partial charge in [0, 0.05) is 42.5 Å². The van der Waals surface area contributed by atoms with E-state index >= 15 is 0 Å². The van der Waals surface area contributed by atoms with Crippen LogP contribution in [0.4, 0.5) is 0 Å². The van der Waals surface area contributed by atoms with E-state index in [2.05, 4.69) is 58.0 Å². The average molecular weight is 575 g/mol. The SMILES string of the molecule is O=C[C@H](CS)NSSCCNC(=O)C1=C(O)C(O)=C(C(=O)NCCSN[C@@H](CS)C(=O)S)C1. The summed E-state index contributed by atoms with van der Waals surface area (Å²) in [5.74, 6) is -0.851. The van der Waals surface area contributed by atoms with Crippen LogP contribution in [0.2, 0.25) is 0 Å². The number of thiol groups is 3. The summed E-state index contributed by atoms with van der Waals surface area (Å²) in [4.78, 5) is 46.5. The average Bonchev–Trinajstić information content (AvgIpc) is 3.09. The monoisotopic (exact) mass is 574 g/mol. The van der Waals surface area contributed by atoms with Crippen molar-refractivity contribution < 1.29 is 29.4 Å². The number of amides is 2. The molecule has 186 valence electrons. The van der Waals surface area contributed by atoms with Crippen molar-refractivity contribution in [3.63, 3.8) is 0 Å². The first-order valence-electron chi connectivity index (χ1n) is 9.48. The van der Waals surface area contributed by atoms with Crippen molar-refractivity contribution in [3.05, 3.63) is 22.7 Å². The number of aliphatic hydroxyl groups excluding tert-OH is 2. The fourth-order valence-corrected chi connectivity index (χ4v) is 5.67. The van der Waals surface area contributed by atoms with Crippen LogP contribution in [0, 0.1) is 0 Å². The molecule has 0 aromatic heterocycles. The quantitative estimate of drug-likeness (QED) is 0.0395. The van der Waals surface area contributed by atoms with Crippen LogP contribution in [0.25, 0.3) is 0 Å². The van der Waals surface area contributed by atoms with Crippen molar-refractivity contribution >= 4 is 94.8 Å².